The fraction of sp³-hybridized carbons (Fsp3) is 0.393. The first kappa shape index (κ1) is 27.2. The molecule has 0 spiro atoms. The topological polar surface area (TPSA) is 67.2 Å². The molecule has 6 nitrogen and oxygen atoms in total. The molecular weight excluding hydrogens is 511 g/mol. The number of fused-ring (bicyclic) bond motifs is 1. The van der Waals surface area contributed by atoms with Gasteiger partial charge < -0.3 is 5.32 Å². The first-order chi connectivity index (χ1) is 17.5. The minimum atomic E-state index is -0.404. The number of anilines is 1. The van der Waals surface area contributed by atoms with Crippen LogP contribution in [0.1, 0.15) is 56.7 Å². The highest BCUT2D eigenvalue weighted by Gasteiger charge is 2.40. The van der Waals surface area contributed by atoms with Crippen LogP contribution in [0.3, 0.4) is 0 Å². The number of hydrogen-bond donors (Lipinski definition) is 1. The lowest BCUT2D eigenvalue weighted by Crippen LogP contribution is -2.43. The van der Waals surface area contributed by atoms with E-state index >= 15 is 0 Å². The maximum absolute atomic E-state index is 14.3. The molecule has 0 fully saturated rings. The van der Waals surface area contributed by atoms with Crippen molar-refractivity contribution < 1.29 is 14.0 Å². The minimum Gasteiger partial charge on any atom is -0.354 e. The molecule has 1 aliphatic rings. The summed E-state index contributed by atoms with van der Waals surface area (Å²) in [6, 6.07) is 13.7. The Labute approximate surface area is 226 Å². The van der Waals surface area contributed by atoms with E-state index in [2.05, 4.69) is 26.1 Å². The van der Waals surface area contributed by atoms with E-state index in [9.17, 15) is 14.0 Å². The second-order valence-electron chi connectivity index (χ2n) is 10.7. The number of thioether (sulfide) groups is 1. The van der Waals surface area contributed by atoms with Gasteiger partial charge in [-0.05, 0) is 41.8 Å². The summed E-state index contributed by atoms with van der Waals surface area (Å²) in [5, 5.41) is 8.09. The molecule has 37 heavy (non-hydrogen) atoms. The van der Waals surface area contributed by atoms with Crippen molar-refractivity contribution in [2.24, 2.45) is 5.92 Å². The molecule has 9 heteroatoms. The van der Waals surface area contributed by atoms with Crippen molar-refractivity contribution in [2.45, 2.75) is 45.3 Å². The molecule has 196 valence electrons. The van der Waals surface area contributed by atoms with Crippen molar-refractivity contribution >= 4 is 41.0 Å². The maximum Gasteiger partial charge on any atom is 0.240 e. The summed E-state index contributed by atoms with van der Waals surface area (Å²) in [7, 11) is 0. The molecule has 1 N–H and O–H groups in total. The van der Waals surface area contributed by atoms with Crippen LogP contribution in [0.2, 0.25) is 5.02 Å². The van der Waals surface area contributed by atoms with Gasteiger partial charge in [0.2, 0.25) is 11.8 Å². The molecular formula is C28H32ClFN4O2S. The molecule has 0 radical (unpaired) electrons. The number of nitrogens with zero attached hydrogens (tertiary/aromatic N) is 3. The molecule has 2 amide bonds. The predicted molar refractivity (Wildman–Crippen MR) is 148 cm³/mol. The number of benzene rings is 2. The van der Waals surface area contributed by atoms with E-state index < -0.39 is 5.41 Å². The molecule has 2 aromatic carbocycles. The quantitative estimate of drug-likeness (QED) is 0.421. The molecule has 2 heterocycles. The molecule has 1 atom stereocenters. The number of carbonyl (C=O) groups excluding carboxylic acids is 2. The molecule has 0 unspecified atom stereocenters. The summed E-state index contributed by atoms with van der Waals surface area (Å²) in [6.45, 7) is 10.5. The van der Waals surface area contributed by atoms with Crippen molar-refractivity contribution in [1.82, 2.24) is 15.1 Å². The van der Waals surface area contributed by atoms with Crippen LogP contribution in [0, 0.1) is 11.7 Å². The summed E-state index contributed by atoms with van der Waals surface area (Å²) in [4.78, 5) is 28.1. The Morgan fingerprint density at radius 3 is 2.59 bits per heavy atom. The zero-order valence-electron chi connectivity index (χ0n) is 21.7. The van der Waals surface area contributed by atoms with Gasteiger partial charge in [-0.3, -0.25) is 14.5 Å². The molecule has 4 rings (SSSR count). The Balaban J connectivity index is 1.98. The maximum atomic E-state index is 14.3. The van der Waals surface area contributed by atoms with E-state index in [-0.39, 0.29) is 41.1 Å². The van der Waals surface area contributed by atoms with Crippen molar-refractivity contribution in [3.63, 3.8) is 0 Å². The smallest absolute Gasteiger partial charge is 0.240 e. The number of amides is 2. The molecule has 0 saturated heterocycles. The van der Waals surface area contributed by atoms with E-state index in [4.69, 9.17) is 16.7 Å². The largest absolute Gasteiger partial charge is 0.354 e. The monoisotopic (exact) mass is 542 g/mol. The van der Waals surface area contributed by atoms with Crippen LogP contribution in [0.25, 0.3) is 5.69 Å². The molecule has 0 aliphatic carbocycles. The van der Waals surface area contributed by atoms with Gasteiger partial charge in [0, 0.05) is 22.5 Å². The van der Waals surface area contributed by atoms with Crippen LogP contribution in [0.5, 0.6) is 0 Å². The van der Waals surface area contributed by atoms with Crippen molar-refractivity contribution in [3.8, 4) is 5.69 Å². The van der Waals surface area contributed by atoms with Gasteiger partial charge in [-0.2, -0.15) is 5.10 Å². The van der Waals surface area contributed by atoms with E-state index in [1.54, 1.807) is 22.9 Å². The average molecular weight is 543 g/mol. The zero-order valence-corrected chi connectivity index (χ0v) is 23.3. The van der Waals surface area contributed by atoms with Gasteiger partial charge in [-0.15, -0.1) is 11.8 Å². The van der Waals surface area contributed by atoms with Crippen LogP contribution < -0.4 is 10.2 Å². The lowest BCUT2D eigenvalue weighted by molar-refractivity contribution is -0.123. The summed E-state index contributed by atoms with van der Waals surface area (Å²) >= 11 is 7.76. The van der Waals surface area contributed by atoms with Gasteiger partial charge in [0.1, 0.15) is 18.2 Å². The average Bonchev–Trinajstić information content (AvgIpc) is 3.16. The van der Waals surface area contributed by atoms with E-state index in [1.807, 2.05) is 32.0 Å². The SMILES string of the molecule is CC(C)CNC(=O)CN1C(=O)CS[C@H](c2cccc(F)c2)c2c(C(C)(C)C)nn(-c3cccc(Cl)c3)c21. The number of rotatable bonds is 6. The molecule has 1 aliphatic heterocycles. The number of hydrogen-bond acceptors (Lipinski definition) is 4. The van der Waals surface area contributed by atoms with E-state index in [0.29, 0.717) is 23.1 Å². The molecule has 3 aromatic rings. The second kappa shape index (κ2) is 10.9. The molecule has 1 aromatic heterocycles. The first-order valence-corrected chi connectivity index (χ1v) is 13.7. The van der Waals surface area contributed by atoms with Gasteiger partial charge in [-0.25, -0.2) is 9.07 Å². The Morgan fingerprint density at radius 2 is 1.95 bits per heavy atom. The van der Waals surface area contributed by atoms with Gasteiger partial charge in [0.25, 0.3) is 0 Å². The zero-order chi connectivity index (χ0) is 26.9. The van der Waals surface area contributed by atoms with Crippen LogP contribution >= 0.6 is 23.4 Å². The van der Waals surface area contributed by atoms with Gasteiger partial charge >= 0.3 is 0 Å². The summed E-state index contributed by atoms with van der Waals surface area (Å²) in [6.07, 6.45) is 0. The van der Waals surface area contributed by atoms with Gasteiger partial charge in [0.05, 0.1) is 22.4 Å². The van der Waals surface area contributed by atoms with E-state index in [0.717, 1.165) is 16.8 Å². The summed E-state index contributed by atoms with van der Waals surface area (Å²) in [5.41, 5.74) is 2.57. The molecule has 0 bridgehead atoms. The van der Waals surface area contributed by atoms with E-state index in [1.165, 1.54) is 28.8 Å². The van der Waals surface area contributed by atoms with Crippen molar-refractivity contribution in [3.05, 3.63) is 76.2 Å². The number of halogens is 2. The Hall–Kier alpha value is -2.84. The van der Waals surface area contributed by atoms with Crippen LogP contribution in [-0.2, 0) is 15.0 Å². The third-order valence-electron chi connectivity index (χ3n) is 6.01. The summed E-state index contributed by atoms with van der Waals surface area (Å²) < 4.78 is 16.1. The predicted octanol–water partition coefficient (Wildman–Crippen LogP) is 5.90. The van der Waals surface area contributed by atoms with Gasteiger partial charge in [-0.1, -0.05) is 64.4 Å². The third kappa shape index (κ3) is 6.02. The highest BCUT2D eigenvalue weighted by Crippen LogP contribution is 2.48. The number of nitrogens with one attached hydrogen (secondary N) is 1. The standard InChI is InChI=1S/C28H32ClFN4O2S/c1-17(2)14-31-22(35)15-33-23(36)16-37-25(18-8-6-10-20(30)12-18)24-26(28(3,4)5)32-34(27(24)33)21-11-7-9-19(29)13-21/h6-13,17,25H,14-16H2,1-5H3,(H,31,35)/t25-/m1/s1. The Bertz CT molecular complexity index is 1320. The number of carbonyl (C=O) groups is 2. The highest BCUT2D eigenvalue weighted by atomic mass is 35.5. The minimum absolute atomic E-state index is 0.131. The van der Waals surface area contributed by atoms with Crippen LogP contribution in [-0.4, -0.2) is 40.4 Å². The lowest BCUT2D eigenvalue weighted by Gasteiger charge is -2.24. The first-order valence-electron chi connectivity index (χ1n) is 12.3. The van der Waals surface area contributed by atoms with Gasteiger partial charge in [0.15, 0.2) is 0 Å². The Morgan fingerprint density at radius 1 is 1.22 bits per heavy atom. The second-order valence-corrected chi connectivity index (χ2v) is 12.2. The highest BCUT2D eigenvalue weighted by molar-refractivity contribution is 8.00. The fourth-order valence-electron chi connectivity index (χ4n) is 4.31. The third-order valence-corrected chi connectivity index (χ3v) is 7.50. The lowest BCUT2D eigenvalue weighted by atomic mass is 9.87. The normalized spacial score (nSPS) is 16.1. The van der Waals surface area contributed by atoms with Crippen LogP contribution in [0.15, 0.2) is 48.5 Å². The Kier molecular flexibility index (Phi) is 7.99. The molecule has 0 saturated carbocycles. The van der Waals surface area contributed by atoms with Crippen molar-refractivity contribution in [1.29, 1.82) is 0 Å². The fourth-order valence-corrected chi connectivity index (χ4v) is 5.68. The van der Waals surface area contributed by atoms with Crippen LogP contribution in [0.4, 0.5) is 10.2 Å². The van der Waals surface area contributed by atoms with Crippen molar-refractivity contribution in [2.75, 3.05) is 23.7 Å². The number of aromatic nitrogens is 2. The summed E-state index contributed by atoms with van der Waals surface area (Å²) in [5.74, 6) is 0.103.